The molecular formula is C13H17N3O4. The zero-order chi connectivity index (χ0) is 14.4. The van der Waals surface area contributed by atoms with Crippen LogP contribution in [0.1, 0.15) is 19.2 Å². The van der Waals surface area contributed by atoms with E-state index in [4.69, 9.17) is 13.7 Å². The first-order valence-electron chi connectivity index (χ1n) is 6.39. The molecule has 0 saturated heterocycles. The fraction of sp³-hybridized carbons (Fsp3) is 0.462. The van der Waals surface area contributed by atoms with E-state index in [1.54, 1.807) is 25.3 Å². The van der Waals surface area contributed by atoms with Gasteiger partial charge in [0, 0.05) is 6.54 Å². The zero-order valence-electron chi connectivity index (χ0n) is 11.5. The average molecular weight is 279 g/mol. The van der Waals surface area contributed by atoms with Crippen LogP contribution >= 0.6 is 0 Å². The molecule has 0 fully saturated rings. The van der Waals surface area contributed by atoms with Crippen molar-refractivity contribution in [1.29, 1.82) is 0 Å². The van der Waals surface area contributed by atoms with Gasteiger partial charge < -0.3 is 13.7 Å². The molecule has 0 spiro atoms. The topological polar surface area (TPSA) is 81.6 Å². The molecule has 0 bridgehead atoms. The Kier molecular flexibility index (Phi) is 4.89. The quantitative estimate of drug-likeness (QED) is 0.713. The number of aromatic nitrogens is 2. The van der Waals surface area contributed by atoms with Gasteiger partial charge in [-0.15, -0.1) is 0 Å². The molecule has 0 unspecified atom stereocenters. The van der Waals surface area contributed by atoms with E-state index in [1.807, 2.05) is 11.9 Å². The highest BCUT2D eigenvalue weighted by Crippen LogP contribution is 2.16. The van der Waals surface area contributed by atoms with Crippen LogP contribution in [-0.2, 0) is 16.1 Å². The number of rotatable bonds is 7. The van der Waals surface area contributed by atoms with Gasteiger partial charge in [-0.1, -0.05) is 5.16 Å². The SMILES string of the molecule is CCOC(=O)CCN(C)Cc1nc(-c2ccco2)no1. The smallest absolute Gasteiger partial charge is 0.307 e. The highest BCUT2D eigenvalue weighted by molar-refractivity contribution is 5.69. The van der Waals surface area contributed by atoms with Crippen LogP contribution in [0.3, 0.4) is 0 Å². The van der Waals surface area contributed by atoms with Crippen LogP contribution in [0.4, 0.5) is 0 Å². The maximum atomic E-state index is 11.2. The molecule has 0 N–H and O–H groups in total. The fourth-order valence-electron chi connectivity index (χ4n) is 1.65. The number of ether oxygens (including phenoxy) is 1. The van der Waals surface area contributed by atoms with E-state index in [0.29, 0.717) is 43.6 Å². The molecule has 7 nitrogen and oxygen atoms in total. The second-order valence-electron chi connectivity index (χ2n) is 4.28. The van der Waals surface area contributed by atoms with E-state index in [-0.39, 0.29) is 5.97 Å². The Hall–Kier alpha value is -2.15. The van der Waals surface area contributed by atoms with Gasteiger partial charge in [-0.05, 0) is 26.1 Å². The molecule has 108 valence electrons. The standard InChI is InChI=1S/C13H17N3O4/c1-3-18-12(17)6-7-16(2)9-11-14-13(15-20-11)10-5-4-8-19-10/h4-5,8H,3,6-7,9H2,1-2H3. The van der Waals surface area contributed by atoms with Crippen molar-refractivity contribution in [3.05, 3.63) is 24.3 Å². The Morgan fingerprint density at radius 2 is 2.35 bits per heavy atom. The third-order valence-corrected chi connectivity index (χ3v) is 2.62. The number of hydrogen-bond acceptors (Lipinski definition) is 7. The van der Waals surface area contributed by atoms with Gasteiger partial charge in [0.2, 0.25) is 11.7 Å². The zero-order valence-corrected chi connectivity index (χ0v) is 11.5. The van der Waals surface area contributed by atoms with Gasteiger partial charge in [-0.2, -0.15) is 4.98 Å². The van der Waals surface area contributed by atoms with Crippen molar-refractivity contribution >= 4 is 5.97 Å². The first kappa shape index (κ1) is 14.3. The van der Waals surface area contributed by atoms with Crippen molar-refractivity contribution in [3.63, 3.8) is 0 Å². The molecule has 2 aromatic heterocycles. The molecule has 2 aromatic rings. The van der Waals surface area contributed by atoms with Gasteiger partial charge in [0.05, 0.1) is 25.8 Å². The molecular weight excluding hydrogens is 262 g/mol. The molecule has 0 aromatic carbocycles. The minimum Gasteiger partial charge on any atom is -0.466 e. The monoisotopic (exact) mass is 279 g/mol. The summed E-state index contributed by atoms with van der Waals surface area (Å²) in [4.78, 5) is 17.4. The summed E-state index contributed by atoms with van der Waals surface area (Å²) < 4.78 is 15.2. The van der Waals surface area contributed by atoms with E-state index in [0.717, 1.165) is 0 Å². The Morgan fingerprint density at radius 3 is 3.05 bits per heavy atom. The van der Waals surface area contributed by atoms with Gasteiger partial charge in [-0.25, -0.2) is 0 Å². The molecule has 0 amide bonds. The summed E-state index contributed by atoms with van der Waals surface area (Å²) in [6, 6.07) is 3.52. The predicted molar refractivity (Wildman–Crippen MR) is 69.6 cm³/mol. The van der Waals surface area contributed by atoms with Gasteiger partial charge in [0.15, 0.2) is 5.76 Å². The van der Waals surface area contributed by atoms with Crippen LogP contribution in [0, 0.1) is 0 Å². The van der Waals surface area contributed by atoms with Crippen LogP contribution in [0.15, 0.2) is 27.3 Å². The van der Waals surface area contributed by atoms with Crippen LogP contribution in [0.25, 0.3) is 11.6 Å². The third kappa shape index (κ3) is 3.92. The molecule has 0 aliphatic rings. The van der Waals surface area contributed by atoms with E-state index in [1.165, 1.54) is 0 Å². The lowest BCUT2D eigenvalue weighted by Crippen LogP contribution is -2.22. The number of hydrogen-bond donors (Lipinski definition) is 0. The van der Waals surface area contributed by atoms with Crippen LogP contribution < -0.4 is 0 Å². The molecule has 20 heavy (non-hydrogen) atoms. The first-order chi connectivity index (χ1) is 9.69. The lowest BCUT2D eigenvalue weighted by Gasteiger charge is -2.12. The second kappa shape index (κ2) is 6.85. The number of carbonyl (C=O) groups excluding carboxylic acids is 1. The molecule has 0 aliphatic heterocycles. The summed E-state index contributed by atoms with van der Waals surface area (Å²) in [7, 11) is 1.87. The Labute approximate surface area is 116 Å². The summed E-state index contributed by atoms with van der Waals surface area (Å²) in [6.07, 6.45) is 1.89. The summed E-state index contributed by atoms with van der Waals surface area (Å²) in [6.45, 7) is 3.22. The van der Waals surface area contributed by atoms with Crippen molar-refractivity contribution < 1.29 is 18.5 Å². The minimum atomic E-state index is -0.207. The molecule has 0 saturated carbocycles. The van der Waals surface area contributed by atoms with Crippen LogP contribution in [0.5, 0.6) is 0 Å². The lowest BCUT2D eigenvalue weighted by atomic mass is 10.4. The molecule has 7 heteroatoms. The highest BCUT2D eigenvalue weighted by Gasteiger charge is 2.13. The Morgan fingerprint density at radius 1 is 1.50 bits per heavy atom. The number of esters is 1. The van der Waals surface area contributed by atoms with Crippen LogP contribution in [-0.4, -0.2) is 41.2 Å². The number of carbonyl (C=O) groups is 1. The van der Waals surface area contributed by atoms with Gasteiger partial charge in [-0.3, -0.25) is 9.69 Å². The summed E-state index contributed by atoms with van der Waals surface area (Å²) in [5.74, 6) is 1.25. The van der Waals surface area contributed by atoms with Crippen LogP contribution in [0.2, 0.25) is 0 Å². The van der Waals surface area contributed by atoms with Crippen molar-refractivity contribution in [1.82, 2.24) is 15.0 Å². The molecule has 0 radical (unpaired) electrons. The maximum absolute atomic E-state index is 11.2. The highest BCUT2D eigenvalue weighted by atomic mass is 16.5. The molecule has 2 heterocycles. The third-order valence-electron chi connectivity index (χ3n) is 2.62. The second-order valence-corrected chi connectivity index (χ2v) is 4.28. The Balaban J connectivity index is 1.83. The maximum Gasteiger partial charge on any atom is 0.307 e. The summed E-state index contributed by atoms with van der Waals surface area (Å²) in [5, 5.41) is 3.84. The van der Waals surface area contributed by atoms with Crippen molar-refractivity contribution in [2.75, 3.05) is 20.2 Å². The fourth-order valence-corrected chi connectivity index (χ4v) is 1.65. The van der Waals surface area contributed by atoms with E-state index < -0.39 is 0 Å². The largest absolute Gasteiger partial charge is 0.466 e. The van der Waals surface area contributed by atoms with Crippen molar-refractivity contribution in [2.45, 2.75) is 19.9 Å². The Bertz CT molecular complexity index is 536. The molecule has 2 rings (SSSR count). The lowest BCUT2D eigenvalue weighted by molar-refractivity contribution is -0.143. The average Bonchev–Trinajstić information content (AvgIpc) is 3.07. The van der Waals surface area contributed by atoms with Gasteiger partial charge in [0.25, 0.3) is 0 Å². The normalized spacial score (nSPS) is 10.9. The van der Waals surface area contributed by atoms with E-state index in [2.05, 4.69) is 10.1 Å². The minimum absolute atomic E-state index is 0.207. The number of nitrogens with zero attached hydrogens (tertiary/aromatic N) is 3. The van der Waals surface area contributed by atoms with E-state index in [9.17, 15) is 4.79 Å². The summed E-state index contributed by atoms with van der Waals surface area (Å²) >= 11 is 0. The predicted octanol–water partition coefficient (Wildman–Crippen LogP) is 1.71. The number of furan rings is 1. The van der Waals surface area contributed by atoms with Crippen molar-refractivity contribution in [3.8, 4) is 11.6 Å². The summed E-state index contributed by atoms with van der Waals surface area (Å²) in [5.41, 5.74) is 0. The van der Waals surface area contributed by atoms with E-state index >= 15 is 0 Å². The first-order valence-corrected chi connectivity index (χ1v) is 6.39. The van der Waals surface area contributed by atoms with Gasteiger partial charge >= 0.3 is 5.97 Å². The molecule has 0 atom stereocenters. The molecule has 0 aliphatic carbocycles. The van der Waals surface area contributed by atoms with Crippen molar-refractivity contribution in [2.24, 2.45) is 0 Å². The van der Waals surface area contributed by atoms with Gasteiger partial charge in [0.1, 0.15) is 0 Å².